The van der Waals surface area contributed by atoms with Gasteiger partial charge in [0, 0.05) is 13.0 Å². The van der Waals surface area contributed by atoms with E-state index in [4.69, 9.17) is 11.6 Å². The largest absolute Gasteiger partial charge is 0.314 e. The summed E-state index contributed by atoms with van der Waals surface area (Å²) in [5, 5.41) is 7.98. The van der Waals surface area contributed by atoms with E-state index in [9.17, 15) is 8.78 Å². The molecule has 2 aromatic rings. The van der Waals surface area contributed by atoms with E-state index in [2.05, 4.69) is 10.2 Å². The smallest absolute Gasteiger partial charge is 0.162 e. The summed E-state index contributed by atoms with van der Waals surface area (Å²) in [5.41, 5.74) is 0.269. The quantitative estimate of drug-likeness (QED) is 0.789. The van der Waals surface area contributed by atoms with Gasteiger partial charge in [-0.2, -0.15) is 0 Å². The Morgan fingerprint density at radius 2 is 1.95 bits per heavy atom. The summed E-state index contributed by atoms with van der Waals surface area (Å²) in [6, 6.07) is 4.13. The van der Waals surface area contributed by atoms with Crippen molar-refractivity contribution in [2.75, 3.05) is 0 Å². The molecule has 0 amide bonds. The highest BCUT2D eigenvalue weighted by Gasteiger charge is 2.14. The molecule has 0 aliphatic rings. The van der Waals surface area contributed by atoms with Gasteiger partial charge in [0.1, 0.15) is 11.6 Å². The van der Waals surface area contributed by atoms with E-state index in [1.807, 2.05) is 11.5 Å². The van der Waals surface area contributed by atoms with Gasteiger partial charge < -0.3 is 4.57 Å². The van der Waals surface area contributed by atoms with Crippen LogP contribution in [0.15, 0.2) is 18.2 Å². The third-order valence-electron chi connectivity index (χ3n) is 2.85. The number of aromatic nitrogens is 3. The van der Waals surface area contributed by atoms with Crippen LogP contribution >= 0.6 is 11.6 Å². The van der Waals surface area contributed by atoms with Crippen LogP contribution in [0.25, 0.3) is 0 Å². The van der Waals surface area contributed by atoms with Crippen molar-refractivity contribution in [1.82, 2.24) is 14.8 Å². The van der Waals surface area contributed by atoms with Crippen molar-refractivity contribution in [1.29, 1.82) is 0 Å². The van der Waals surface area contributed by atoms with Crippen molar-refractivity contribution in [3.63, 3.8) is 0 Å². The number of rotatable bonds is 5. The maximum Gasteiger partial charge on any atom is 0.162 e. The second kappa shape index (κ2) is 6.10. The number of benzene rings is 1. The van der Waals surface area contributed by atoms with Crippen molar-refractivity contribution in [3.05, 3.63) is 47.0 Å². The average molecular weight is 286 g/mol. The van der Waals surface area contributed by atoms with Gasteiger partial charge in [-0.3, -0.25) is 0 Å². The molecule has 0 saturated carbocycles. The van der Waals surface area contributed by atoms with Gasteiger partial charge in [-0.1, -0.05) is 19.1 Å². The zero-order valence-corrected chi connectivity index (χ0v) is 11.3. The minimum Gasteiger partial charge on any atom is -0.314 e. The summed E-state index contributed by atoms with van der Waals surface area (Å²) in [7, 11) is 0. The topological polar surface area (TPSA) is 30.7 Å². The first-order valence-corrected chi connectivity index (χ1v) is 6.60. The first-order chi connectivity index (χ1) is 9.17. The molecular formula is C13H14ClF2N3. The number of hydrogen-bond donors (Lipinski definition) is 0. The van der Waals surface area contributed by atoms with Crippen LogP contribution in [0.1, 0.15) is 30.6 Å². The molecule has 1 aromatic carbocycles. The van der Waals surface area contributed by atoms with E-state index in [0.717, 1.165) is 12.5 Å². The van der Waals surface area contributed by atoms with E-state index in [-0.39, 0.29) is 17.9 Å². The fraction of sp³-hybridized carbons (Fsp3) is 0.385. The van der Waals surface area contributed by atoms with Gasteiger partial charge in [-0.05, 0) is 18.1 Å². The molecule has 0 saturated heterocycles. The number of alkyl halides is 1. The van der Waals surface area contributed by atoms with Gasteiger partial charge in [0.05, 0.1) is 5.88 Å². The molecule has 2 rings (SSSR count). The number of hydrogen-bond acceptors (Lipinski definition) is 2. The molecule has 0 spiro atoms. The van der Waals surface area contributed by atoms with Crippen molar-refractivity contribution in [2.45, 2.75) is 32.2 Å². The molecule has 19 heavy (non-hydrogen) atoms. The van der Waals surface area contributed by atoms with E-state index in [0.29, 0.717) is 18.2 Å². The standard InChI is InChI=1S/C13H14ClF2N3/c1-2-6-19-11(17-18-12(19)8-14)7-9-4-3-5-10(15)13(9)16/h3-5H,2,6-8H2,1H3. The Morgan fingerprint density at radius 3 is 2.63 bits per heavy atom. The number of nitrogens with zero attached hydrogens (tertiary/aromatic N) is 3. The zero-order valence-electron chi connectivity index (χ0n) is 10.5. The SMILES string of the molecule is CCCn1c(CCl)nnc1Cc1cccc(F)c1F. The molecule has 1 heterocycles. The van der Waals surface area contributed by atoms with E-state index >= 15 is 0 Å². The predicted octanol–water partition coefficient (Wildman–Crippen LogP) is 3.30. The van der Waals surface area contributed by atoms with E-state index in [1.54, 1.807) is 6.07 Å². The second-order valence-electron chi connectivity index (χ2n) is 4.21. The van der Waals surface area contributed by atoms with Crippen LogP contribution in [0.4, 0.5) is 8.78 Å². The lowest BCUT2D eigenvalue weighted by atomic mass is 10.1. The van der Waals surface area contributed by atoms with Crippen LogP contribution in [0.5, 0.6) is 0 Å². The average Bonchev–Trinajstić information content (AvgIpc) is 2.78. The van der Waals surface area contributed by atoms with Crippen molar-refractivity contribution in [2.24, 2.45) is 0 Å². The molecule has 0 aliphatic carbocycles. The summed E-state index contributed by atoms with van der Waals surface area (Å²) in [6.07, 6.45) is 1.09. The molecule has 1 aromatic heterocycles. The van der Waals surface area contributed by atoms with Gasteiger partial charge in [0.25, 0.3) is 0 Å². The van der Waals surface area contributed by atoms with Crippen LogP contribution in [-0.4, -0.2) is 14.8 Å². The summed E-state index contributed by atoms with van der Waals surface area (Å²) < 4.78 is 28.7. The minimum absolute atomic E-state index is 0.202. The van der Waals surface area contributed by atoms with Crippen LogP contribution in [0.2, 0.25) is 0 Å². The lowest BCUT2D eigenvalue weighted by Gasteiger charge is -2.08. The highest BCUT2D eigenvalue weighted by atomic mass is 35.5. The summed E-state index contributed by atoms with van der Waals surface area (Å²) in [4.78, 5) is 0. The molecule has 0 radical (unpaired) electrons. The van der Waals surface area contributed by atoms with Crippen LogP contribution in [-0.2, 0) is 18.8 Å². The maximum absolute atomic E-state index is 13.6. The Balaban J connectivity index is 2.32. The minimum atomic E-state index is -0.850. The highest BCUT2D eigenvalue weighted by Crippen LogP contribution is 2.16. The molecule has 0 N–H and O–H groups in total. The summed E-state index contributed by atoms with van der Waals surface area (Å²) in [6.45, 7) is 2.73. The van der Waals surface area contributed by atoms with Crippen LogP contribution in [0.3, 0.4) is 0 Å². The van der Waals surface area contributed by atoms with Crippen LogP contribution < -0.4 is 0 Å². The summed E-state index contributed by atoms with van der Waals surface area (Å²) >= 11 is 5.78. The molecule has 0 atom stereocenters. The van der Waals surface area contributed by atoms with Crippen molar-refractivity contribution in [3.8, 4) is 0 Å². The van der Waals surface area contributed by atoms with E-state index < -0.39 is 11.6 Å². The van der Waals surface area contributed by atoms with Gasteiger partial charge in [-0.25, -0.2) is 8.78 Å². The third kappa shape index (κ3) is 2.92. The molecular weight excluding hydrogens is 272 g/mol. The number of halogens is 3. The molecule has 0 unspecified atom stereocenters. The highest BCUT2D eigenvalue weighted by molar-refractivity contribution is 6.16. The monoisotopic (exact) mass is 285 g/mol. The van der Waals surface area contributed by atoms with Gasteiger partial charge in [0.15, 0.2) is 11.6 Å². The normalized spacial score (nSPS) is 10.9. The summed E-state index contributed by atoms with van der Waals surface area (Å²) in [5.74, 6) is -0.187. The Kier molecular flexibility index (Phi) is 4.47. The molecule has 0 fully saturated rings. The zero-order chi connectivity index (χ0) is 13.8. The van der Waals surface area contributed by atoms with E-state index in [1.165, 1.54) is 6.07 Å². The van der Waals surface area contributed by atoms with Crippen LogP contribution in [0, 0.1) is 11.6 Å². The molecule has 102 valence electrons. The second-order valence-corrected chi connectivity index (χ2v) is 4.47. The fourth-order valence-electron chi connectivity index (χ4n) is 1.94. The lowest BCUT2D eigenvalue weighted by Crippen LogP contribution is -2.08. The fourth-order valence-corrected chi connectivity index (χ4v) is 2.14. The van der Waals surface area contributed by atoms with Gasteiger partial charge >= 0.3 is 0 Å². The Hall–Kier alpha value is -1.49. The molecule has 0 aliphatic heterocycles. The van der Waals surface area contributed by atoms with Crippen molar-refractivity contribution >= 4 is 11.6 Å². The maximum atomic E-state index is 13.6. The van der Waals surface area contributed by atoms with Gasteiger partial charge in [-0.15, -0.1) is 21.8 Å². The Labute approximate surface area is 115 Å². The lowest BCUT2D eigenvalue weighted by molar-refractivity contribution is 0.498. The predicted molar refractivity (Wildman–Crippen MR) is 69.0 cm³/mol. The molecule has 3 nitrogen and oxygen atoms in total. The Morgan fingerprint density at radius 1 is 1.21 bits per heavy atom. The van der Waals surface area contributed by atoms with Crippen molar-refractivity contribution < 1.29 is 8.78 Å². The first-order valence-electron chi connectivity index (χ1n) is 6.07. The molecule has 6 heteroatoms. The first kappa shape index (κ1) is 13.9. The van der Waals surface area contributed by atoms with Gasteiger partial charge in [0.2, 0.25) is 0 Å². The third-order valence-corrected chi connectivity index (χ3v) is 3.09. The Bertz CT molecular complexity index is 569. The molecule has 0 bridgehead atoms.